The van der Waals surface area contributed by atoms with Crippen LogP contribution in [0.4, 0.5) is 11.9 Å². The number of likely N-dealkylation sites (tertiary alicyclic amines) is 1. The number of hydrogen-bond acceptors (Lipinski definition) is 14. The van der Waals surface area contributed by atoms with Crippen LogP contribution in [0.1, 0.15) is 90.1 Å². The molecule has 276 valence electrons. The Kier molecular flexibility index (Phi) is 12.5. The molecule has 7 heterocycles. The maximum Gasteiger partial charge on any atom is 0.356 e. The lowest BCUT2D eigenvalue weighted by molar-refractivity contribution is 0.0692. The maximum absolute atomic E-state index is 12.9. The van der Waals surface area contributed by atoms with Crippen LogP contribution in [0.3, 0.4) is 0 Å². The zero-order valence-electron chi connectivity index (χ0n) is 29.3. The normalized spacial score (nSPS) is 16.7. The van der Waals surface area contributed by atoms with Gasteiger partial charge in [0, 0.05) is 37.9 Å². The number of amides is 1. The Bertz CT molecular complexity index is 2130. The van der Waals surface area contributed by atoms with Gasteiger partial charge in [0.1, 0.15) is 0 Å². The van der Waals surface area contributed by atoms with E-state index in [1.54, 1.807) is 41.1 Å². The van der Waals surface area contributed by atoms with Gasteiger partial charge >= 0.3 is 5.97 Å². The van der Waals surface area contributed by atoms with Gasteiger partial charge in [0.05, 0.1) is 44.7 Å². The SMILES string of the molecule is C[C@H](Nc1nc(C(=O)N2CC[C@@H](O)C2)c2sccc2n1)c1cccnc1.C[C@H](Nc1nc(C(=O)O)c2sccc2n1)c1cccnc1.OC1CCCC1. The van der Waals surface area contributed by atoms with E-state index in [0.29, 0.717) is 47.3 Å². The molecule has 0 aromatic carbocycles. The smallest absolute Gasteiger partial charge is 0.356 e. The molecule has 1 amide bonds. The zero-order valence-corrected chi connectivity index (χ0v) is 30.9. The van der Waals surface area contributed by atoms with Crippen LogP contribution in [0.2, 0.25) is 0 Å². The van der Waals surface area contributed by atoms with Crippen molar-refractivity contribution in [3.8, 4) is 0 Å². The van der Waals surface area contributed by atoms with E-state index in [1.165, 1.54) is 35.5 Å². The van der Waals surface area contributed by atoms with E-state index in [1.807, 2.05) is 49.6 Å². The van der Waals surface area contributed by atoms with Gasteiger partial charge in [0.25, 0.3) is 5.91 Å². The van der Waals surface area contributed by atoms with E-state index in [0.717, 1.165) is 34.2 Å². The fourth-order valence-corrected chi connectivity index (χ4v) is 7.57. The number of pyridine rings is 2. The van der Waals surface area contributed by atoms with Crippen LogP contribution >= 0.6 is 22.7 Å². The number of nitrogens with zero attached hydrogens (tertiary/aromatic N) is 7. The minimum absolute atomic E-state index is 0.0240. The highest BCUT2D eigenvalue weighted by atomic mass is 32.1. The minimum Gasteiger partial charge on any atom is -0.476 e. The van der Waals surface area contributed by atoms with Gasteiger partial charge in [-0.25, -0.2) is 24.7 Å². The van der Waals surface area contributed by atoms with Crippen molar-refractivity contribution >= 4 is 66.9 Å². The van der Waals surface area contributed by atoms with Gasteiger partial charge in [0.15, 0.2) is 11.4 Å². The van der Waals surface area contributed by atoms with Crippen LogP contribution in [0.15, 0.2) is 71.9 Å². The first-order valence-electron chi connectivity index (χ1n) is 17.4. The lowest BCUT2D eigenvalue weighted by Crippen LogP contribution is -2.30. The van der Waals surface area contributed by atoms with Crippen LogP contribution in [0.5, 0.6) is 0 Å². The van der Waals surface area contributed by atoms with Crippen LogP contribution < -0.4 is 10.6 Å². The number of rotatable bonds is 8. The van der Waals surface area contributed by atoms with Crippen molar-refractivity contribution in [2.24, 2.45) is 0 Å². The Morgan fingerprint density at radius 1 is 0.755 bits per heavy atom. The number of carbonyl (C=O) groups excluding carboxylic acids is 1. The second-order valence-corrected chi connectivity index (χ2v) is 14.6. The first-order valence-corrected chi connectivity index (χ1v) is 19.1. The first kappa shape index (κ1) is 37.6. The van der Waals surface area contributed by atoms with E-state index < -0.39 is 12.1 Å². The minimum atomic E-state index is -1.05. The Morgan fingerprint density at radius 2 is 1.28 bits per heavy atom. The third-order valence-corrected chi connectivity index (χ3v) is 10.7. The van der Waals surface area contributed by atoms with Crippen molar-refractivity contribution < 1.29 is 24.9 Å². The summed E-state index contributed by atoms with van der Waals surface area (Å²) in [5, 5.41) is 37.8. The molecule has 0 radical (unpaired) electrons. The van der Waals surface area contributed by atoms with E-state index in [9.17, 15) is 19.8 Å². The zero-order chi connectivity index (χ0) is 37.3. The number of β-amino-alcohol motifs (C(OH)–C–C–N with tert-alkyl or cyclic N) is 1. The quantitative estimate of drug-likeness (QED) is 0.115. The molecule has 3 atom stereocenters. The average Bonchev–Trinajstić information content (AvgIpc) is 4.01. The highest BCUT2D eigenvalue weighted by molar-refractivity contribution is 7.17. The van der Waals surface area contributed by atoms with Gasteiger partial charge < -0.3 is 30.9 Å². The number of thiophene rings is 2. The number of carboxylic acids is 1. The Hall–Kier alpha value is -5.16. The van der Waals surface area contributed by atoms with Crippen molar-refractivity contribution in [2.75, 3.05) is 23.7 Å². The van der Waals surface area contributed by atoms with Crippen molar-refractivity contribution in [3.63, 3.8) is 0 Å². The Balaban J connectivity index is 0.000000159. The van der Waals surface area contributed by atoms with Crippen LogP contribution in [-0.4, -0.2) is 87.3 Å². The molecule has 14 nitrogen and oxygen atoms in total. The standard InChI is InChI=1S/C18H19N5O2S.C14H12N4O2S.C5H10O/c1-11(12-3-2-6-19-9-12)20-18-21-14-5-8-26-16(14)15(22-18)17(25)23-7-4-13(24)10-23;1-8(9-3-2-5-15-7-9)16-14-17-10-4-6-21-12(10)11(18-14)13(19)20;6-5-3-1-2-4-5/h2-3,5-6,8-9,11,13,24H,4,7,10H2,1H3,(H,20,21,22);2-8H,1H3,(H,19,20)(H,16,17,18);5-6H,1-4H2/t11-,13+;8-;/m00./s1. The first-order chi connectivity index (χ1) is 25.7. The summed E-state index contributed by atoms with van der Waals surface area (Å²) in [4.78, 5) is 51.5. The molecule has 0 bridgehead atoms. The molecule has 16 heteroatoms. The van der Waals surface area contributed by atoms with Gasteiger partial charge in [-0.05, 0) is 79.3 Å². The third kappa shape index (κ3) is 9.64. The molecule has 2 fully saturated rings. The largest absolute Gasteiger partial charge is 0.476 e. The third-order valence-electron chi connectivity index (χ3n) is 8.85. The summed E-state index contributed by atoms with van der Waals surface area (Å²) >= 11 is 2.78. The topological polar surface area (TPSA) is 199 Å². The van der Waals surface area contributed by atoms with Crippen LogP contribution in [-0.2, 0) is 0 Å². The second kappa shape index (κ2) is 17.6. The summed E-state index contributed by atoms with van der Waals surface area (Å²) < 4.78 is 1.36. The number of aromatic nitrogens is 6. The van der Waals surface area contributed by atoms with Crippen molar-refractivity contribution in [3.05, 3.63) is 94.5 Å². The molecule has 6 aromatic heterocycles. The number of aromatic carboxylic acids is 1. The number of nitrogens with one attached hydrogen (secondary N) is 2. The average molecular weight is 756 g/mol. The summed E-state index contributed by atoms with van der Waals surface area (Å²) in [6, 6.07) is 11.2. The highest BCUT2D eigenvalue weighted by Crippen LogP contribution is 2.28. The van der Waals surface area contributed by atoms with Gasteiger partial charge in [-0.3, -0.25) is 14.8 Å². The molecule has 1 aliphatic carbocycles. The molecule has 0 unspecified atom stereocenters. The van der Waals surface area contributed by atoms with Gasteiger partial charge in [-0.15, -0.1) is 22.7 Å². The number of carboxylic acid groups (broad SMARTS) is 1. The van der Waals surface area contributed by atoms with Gasteiger partial charge in [-0.1, -0.05) is 25.0 Å². The molecule has 8 rings (SSSR count). The molecular weight excluding hydrogens is 715 g/mol. The van der Waals surface area contributed by atoms with Gasteiger partial charge in [-0.2, -0.15) is 0 Å². The fraction of sp³-hybridized carbons (Fsp3) is 0.351. The Labute approximate surface area is 314 Å². The van der Waals surface area contributed by atoms with Gasteiger partial charge in [0.2, 0.25) is 11.9 Å². The molecule has 1 saturated carbocycles. The number of hydrogen-bond donors (Lipinski definition) is 5. The Morgan fingerprint density at radius 3 is 1.72 bits per heavy atom. The number of aliphatic hydroxyl groups excluding tert-OH is 2. The maximum atomic E-state index is 12.9. The fourth-order valence-electron chi connectivity index (χ4n) is 5.94. The second-order valence-electron chi connectivity index (χ2n) is 12.8. The lowest BCUT2D eigenvalue weighted by atomic mass is 10.1. The predicted octanol–water partition coefficient (Wildman–Crippen LogP) is 6.35. The van der Waals surface area contributed by atoms with Crippen LogP contribution in [0.25, 0.3) is 20.4 Å². The molecule has 53 heavy (non-hydrogen) atoms. The highest BCUT2D eigenvalue weighted by Gasteiger charge is 2.28. The monoisotopic (exact) mass is 755 g/mol. The predicted molar refractivity (Wildman–Crippen MR) is 205 cm³/mol. The summed E-state index contributed by atoms with van der Waals surface area (Å²) in [6.07, 6.45) is 11.7. The van der Waals surface area contributed by atoms with E-state index in [2.05, 4.69) is 40.5 Å². The molecule has 1 aliphatic heterocycles. The molecule has 6 aromatic rings. The summed E-state index contributed by atoms with van der Waals surface area (Å²) in [5.41, 5.74) is 3.78. The summed E-state index contributed by atoms with van der Waals surface area (Å²) in [6.45, 7) is 4.84. The number of aliphatic hydroxyl groups is 2. The molecule has 1 saturated heterocycles. The van der Waals surface area contributed by atoms with E-state index >= 15 is 0 Å². The van der Waals surface area contributed by atoms with Crippen molar-refractivity contribution in [1.82, 2.24) is 34.8 Å². The van der Waals surface area contributed by atoms with E-state index in [-0.39, 0.29) is 29.8 Å². The lowest BCUT2D eigenvalue weighted by Gasteiger charge is -2.17. The molecule has 0 spiro atoms. The molecule has 2 aliphatic rings. The number of anilines is 2. The van der Waals surface area contributed by atoms with Crippen molar-refractivity contribution in [2.45, 2.75) is 70.2 Å². The summed E-state index contributed by atoms with van der Waals surface area (Å²) in [5.74, 6) is -0.500. The van der Waals surface area contributed by atoms with Crippen LogP contribution in [0, 0.1) is 0 Å². The molecular formula is C37H41N9O5S2. The molecule has 5 N–H and O–H groups in total. The van der Waals surface area contributed by atoms with Crippen molar-refractivity contribution in [1.29, 1.82) is 0 Å². The van der Waals surface area contributed by atoms with E-state index in [4.69, 9.17) is 5.11 Å². The summed E-state index contributed by atoms with van der Waals surface area (Å²) in [7, 11) is 0. The number of carbonyl (C=O) groups is 2. The number of fused-ring (bicyclic) bond motifs is 2.